The Hall–Kier alpha value is -1.40. The fraction of sp³-hybridized carbons (Fsp3) is 0.636. The van der Waals surface area contributed by atoms with Gasteiger partial charge in [0.2, 0.25) is 5.88 Å². The predicted octanol–water partition coefficient (Wildman–Crippen LogP) is 0.565. The predicted molar refractivity (Wildman–Crippen MR) is 61.3 cm³/mol. The maximum atomic E-state index is 8.86. The molecule has 0 unspecified atom stereocenters. The number of ether oxygens (including phenoxy) is 3. The van der Waals surface area contributed by atoms with Crippen molar-refractivity contribution in [2.75, 3.05) is 27.9 Å². The summed E-state index contributed by atoms with van der Waals surface area (Å²) in [7, 11) is 4.64. The van der Waals surface area contributed by atoms with Crippen LogP contribution in [0.2, 0.25) is 0 Å². The van der Waals surface area contributed by atoms with Gasteiger partial charge in [-0.3, -0.25) is 0 Å². The molecule has 0 aliphatic carbocycles. The molecule has 0 aromatic carbocycles. The van der Waals surface area contributed by atoms with E-state index in [1.165, 1.54) is 14.2 Å². The number of aliphatic hydroxyl groups is 1. The zero-order valence-corrected chi connectivity index (χ0v) is 10.4. The lowest BCUT2D eigenvalue weighted by Gasteiger charge is -2.12. The van der Waals surface area contributed by atoms with Crippen LogP contribution in [0.1, 0.15) is 17.7 Å². The van der Waals surface area contributed by atoms with Crippen molar-refractivity contribution in [3.63, 3.8) is 0 Å². The summed E-state index contributed by atoms with van der Waals surface area (Å²) in [5, 5.41) is 8.86. The Morgan fingerprint density at radius 2 is 1.88 bits per heavy atom. The molecule has 6 heteroatoms. The summed E-state index contributed by atoms with van der Waals surface area (Å²) in [6, 6.07) is 0.259. The Morgan fingerprint density at radius 1 is 1.12 bits per heavy atom. The number of hydrogen-bond acceptors (Lipinski definition) is 6. The fourth-order valence-electron chi connectivity index (χ4n) is 1.49. The van der Waals surface area contributed by atoms with Gasteiger partial charge in [0.05, 0.1) is 32.1 Å². The summed E-state index contributed by atoms with van der Waals surface area (Å²) in [5.41, 5.74) is 1.58. The molecular formula is C11H18N2O4. The molecule has 0 amide bonds. The average molecular weight is 242 g/mol. The minimum atomic E-state index is 0.112. The van der Waals surface area contributed by atoms with Gasteiger partial charge in [0.25, 0.3) is 0 Å². The number of aliphatic hydroxyl groups excluding tert-OH is 1. The Labute approximate surface area is 101 Å². The van der Waals surface area contributed by atoms with Gasteiger partial charge in [0, 0.05) is 13.7 Å². The second-order valence-corrected chi connectivity index (χ2v) is 3.41. The minimum Gasteiger partial charge on any atom is -0.481 e. The lowest BCUT2D eigenvalue weighted by Crippen LogP contribution is -2.08. The van der Waals surface area contributed by atoms with E-state index in [1.807, 2.05) is 0 Å². The van der Waals surface area contributed by atoms with E-state index in [2.05, 4.69) is 9.97 Å². The van der Waals surface area contributed by atoms with Crippen LogP contribution in [0.15, 0.2) is 0 Å². The van der Waals surface area contributed by atoms with E-state index in [0.717, 1.165) is 11.3 Å². The minimum absolute atomic E-state index is 0.112. The van der Waals surface area contributed by atoms with Crippen LogP contribution >= 0.6 is 0 Å². The Kier molecular flexibility index (Phi) is 5.65. The van der Waals surface area contributed by atoms with Gasteiger partial charge in [0.1, 0.15) is 0 Å². The Balaban J connectivity index is 3.10. The number of rotatable bonds is 7. The zero-order valence-electron chi connectivity index (χ0n) is 10.4. The third kappa shape index (κ3) is 3.54. The number of hydrogen-bond donors (Lipinski definition) is 1. The number of aryl methyl sites for hydroxylation is 1. The highest BCUT2D eigenvalue weighted by Gasteiger charge is 2.15. The van der Waals surface area contributed by atoms with Crippen molar-refractivity contribution in [1.29, 1.82) is 0 Å². The Bertz CT molecular complexity index is 358. The maximum Gasteiger partial charge on any atom is 0.319 e. The van der Waals surface area contributed by atoms with Crippen molar-refractivity contribution in [3.05, 3.63) is 11.3 Å². The second-order valence-electron chi connectivity index (χ2n) is 3.41. The highest BCUT2D eigenvalue weighted by Crippen LogP contribution is 2.23. The molecule has 0 aliphatic rings. The molecular weight excluding hydrogens is 224 g/mol. The van der Waals surface area contributed by atoms with Gasteiger partial charge in [-0.15, -0.1) is 0 Å². The van der Waals surface area contributed by atoms with Crippen LogP contribution in [0.5, 0.6) is 11.9 Å². The molecule has 0 spiro atoms. The first kappa shape index (κ1) is 13.7. The lowest BCUT2D eigenvalue weighted by molar-refractivity contribution is 0.178. The second kappa shape index (κ2) is 7.03. The topological polar surface area (TPSA) is 73.7 Å². The molecule has 1 aromatic heterocycles. The summed E-state index contributed by atoms with van der Waals surface area (Å²) in [6.07, 6.45) is 1.25. The van der Waals surface area contributed by atoms with Crippen molar-refractivity contribution in [2.24, 2.45) is 0 Å². The van der Waals surface area contributed by atoms with E-state index < -0.39 is 0 Å². The summed E-state index contributed by atoms with van der Waals surface area (Å²) in [6.45, 7) is 0.481. The maximum absolute atomic E-state index is 8.86. The quantitative estimate of drug-likeness (QED) is 0.753. The van der Waals surface area contributed by atoms with Crippen LogP contribution in [-0.4, -0.2) is 43.0 Å². The summed E-state index contributed by atoms with van der Waals surface area (Å²) >= 11 is 0. The first-order chi connectivity index (χ1) is 8.26. The van der Waals surface area contributed by atoms with Crippen molar-refractivity contribution >= 4 is 0 Å². The van der Waals surface area contributed by atoms with Gasteiger partial charge in [-0.2, -0.15) is 9.97 Å². The highest BCUT2D eigenvalue weighted by atomic mass is 16.5. The summed E-state index contributed by atoms with van der Waals surface area (Å²) in [4.78, 5) is 8.35. The molecule has 1 aromatic rings. The summed E-state index contributed by atoms with van der Waals surface area (Å²) < 4.78 is 15.3. The third-order valence-electron chi connectivity index (χ3n) is 2.27. The van der Waals surface area contributed by atoms with Gasteiger partial charge in [-0.05, 0) is 12.8 Å². The molecule has 17 heavy (non-hydrogen) atoms. The van der Waals surface area contributed by atoms with Gasteiger partial charge >= 0.3 is 6.01 Å². The largest absolute Gasteiger partial charge is 0.481 e. The van der Waals surface area contributed by atoms with Crippen molar-refractivity contribution < 1.29 is 19.3 Å². The number of methoxy groups -OCH3 is 3. The van der Waals surface area contributed by atoms with Crippen molar-refractivity contribution in [3.8, 4) is 11.9 Å². The number of nitrogens with zero attached hydrogens (tertiary/aromatic N) is 2. The smallest absolute Gasteiger partial charge is 0.319 e. The lowest BCUT2D eigenvalue weighted by atomic mass is 10.1. The molecule has 96 valence electrons. The summed E-state index contributed by atoms with van der Waals surface area (Å²) in [5.74, 6) is 0.451. The number of aromatic nitrogens is 2. The molecule has 6 nitrogen and oxygen atoms in total. The molecule has 1 heterocycles. The molecule has 1 N–H and O–H groups in total. The molecule has 0 aliphatic heterocycles. The fourth-order valence-corrected chi connectivity index (χ4v) is 1.49. The molecule has 0 fully saturated rings. The zero-order chi connectivity index (χ0) is 12.7. The van der Waals surface area contributed by atoms with Gasteiger partial charge in [-0.1, -0.05) is 0 Å². The SMILES string of the molecule is COCc1c(CCCO)nc(OC)nc1OC. The molecule has 0 atom stereocenters. The van der Waals surface area contributed by atoms with Gasteiger partial charge < -0.3 is 19.3 Å². The van der Waals surface area contributed by atoms with Crippen LogP contribution < -0.4 is 9.47 Å². The van der Waals surface area contributed by atoms with Gasteiger partial charge in [-0.25, -0.2) is 0 Å². The van der Waals surface area contributed by atoms with Crippen LogP contribution in [-0.2, 0) is 17.8 Å². The third-order valence-corrected chi connectivity index (χ3v) is 2.27. The first-order valence-corrected chi connectivity index (χ1v) is 5.34. The molecule has 0 saturated carbocycles. The van der Waals surface area contributed by atoms with Crippen LogP contribution in [0, 0.1) is 0 Å². The molecule has 0 radical (unpaired) electrons. The van der Waals surface area contributed by atoms with E-state index in [-0.39, 0.29) is 12.6 Å². The van der Waals surface area contributed by atoms with Crippen molar-refractivity contribution in [2.45, 2.75) is 19.4 Å². The monoisotopic (exact) mass is 242 g/mol. The van der Waals surface area contributed by atoms with Crippen LogP contribution in [0.4, 0.5) is 0 Å². The normalized spacial score (nSPS) is 10.4. The van der Waals surface area contributed by atoms with Crippen LogP contribution in [0.3, 0.4) is 0 Å². The standard InChI is InChI=1S/C11H18N2O4/c1-15-7-8-9(5-4-6-14)12-11(17-3)13-10(8)16-2/h14H,4-7H2,1-3H3. The highest BCUT2D eigenvalue weighted by molar-refractivity contribution is 5.32. The van der Waals surface area contributed by atoms with Crippen molar-refractivity contribution in [1.82, 2.24) is 9.97 Å². The molecule has 1 rings (SSSR count). The van der Waals surface area contributed by atoms with E-state index in [0.29, 0.717) is 25.3 Å². The average Bonchev–Trinajstić information content (AvgIpc) is 2.37. The molecule has 0 saturated heterocycles. The van der Waals surface area contributed by atoms with Gasteiger partial charge in [0.15, 0.2) is 0 Å². The first-order valence-electron chi connectivity index (χ1n) is 5.34. The van der Waals surface area contributed by atoms with E-state index in [1.54, 1.807) is 7.11 Å². The Morgan fingerprint density at radius 3 is 2.41 bits per heavy atom. The van der Waals surface area contributed by atoms with E-state index in [4.69, 9.17) is 19.3 Å². The van der Waals surface area contributed by atoms with E-state index in [9.17, 15) is 0 Å². The van der Waals surface area contributed by atoms with Crippen LogP contribution in [0.25, 0.3) is 0 Å². The molecule has 0 bridgehead atoms. The van der Waals surface area contributed by atoms with E-state index >= 15 is 0 Å².